The third-order valence-corrected chi connectivity index (χ3v) is 5.63. The average Bonchev–Trinajstić information content (AvgIpc) is 3.08. The molecule has 146 valence electrons. The first-order valence-electron chi connectivity index (χ1n) is 9.13. The minimum atomic E-state index is -0.830. The molecule has 1 aliphatic heterocycles. The van der Waals surface area contributed by atoms with E-state index in [4.69, 9.17) is 11.6 Å². The molecule has 3 amide bonds. The van der Waals surface area contributed by atoms with E-state index >= 15 is 0 Å². The van der Waals surface area contributed by atoms with Crippen LogP contribution in [0.4, 0.5) is 9.18 Å². The number of benzene rings is 1. The van der Waals surface area contributed by atoms with E-state index in [-0.39, 0.29) is 16.9 Å². The Labute approximate surface area is 166 Å². The van der Waals surface area contributed by atoms with Gasteiger partial charge in [-0.2, -0.15) is 10.2 Å². The number of carbonyl (C=O) groups excluding carboxylic acids is 2. The molecular weight excluding hydrogens is 385 g/mol. The van der Waals surface area contributed by atoms with Crippen molar-refractivity contribution in [1.29, 1.82) is 0 Å². The van der Waals surface area contributed by atoms with Gasteiger partial charge in [0, 0.05) is 0 Å². The molecule has 1 spiro atoms. The van der Waals surface area contributed by atoms with E-state index in [2.05, 4.69) is 15.5 Å². The van der Waals surface area contributed by atoms with Crippen molar-refractivity contribution < 1.29 is 14.0 Å². The number of hydrazone groups is 1. The van der Waals surface area contributed by atoms with E-state index in [1.54, 1.807) is 19.1 Å². The standard InChI is InChI=1S/C19H19ClFN5O2/c1-12-15(16(20)25(24-12)14-7-5-13(21)6-8-14)11-22-26-17(27)19(23-18(26)28)9-3-2-4-10-19/h5-8,11H,2-4,9-10H2,1H3,(H,23,28). The Morgan fingerprint density at radius 2 is 1.89 bits per heavy atom. The molecule has 4 rings (SSSR count). The summed E-state index contributed by atoms with van der Waals surface area (Å²) in [4.78, 5) is 25.1. The fourth-order valence-corrected chi connectivity index (χ4v) is 4.05. The van der Waals surface area contributed by atoms with Crippen molar-refractivity contribution in [3.8, 4) is 5.69 Å². The van der Waals surface area contributed by atoms with E-state index in [1.165, 1.54) is 23.0 Å². The maximum Gasteiger partial charge on any atom is 0.346 e. The summed E-state index contributed by atoms with van der Waals surface area (Å²) in [6, 6.07) is 5.21. The summed E-state index contributed by atoms with van der Waals surface area (Å²) in [7, 11) is 0. The summed E-state index contributed by atoms with van der Waals surface area (Å²) >= 11 is 6.42. The molecule has 9 heteroatoms. The minimum Gasteiger partial charge on any atom is -0.321 e. The Balaban J connectivity index is 1.61. The highest BCUT2D eigenvalue weighted by Crippen LogP contribution is 2.34. The molecule has 1 saturated heterocycles. The second kappa shape index (κ2) is 7.01. The molecular formula is C19H19ClFN5O2. The second-order valence-corrected chi connectivity index (χ2v) is 7.47. The third kappa shape index (κ3) is 3.07. The van der Waals surface area contributed by atoms with Crippen molar-refractivity contribution >= 4 is 29.8 Å². The van der Waals surface area contributed by atoms with Gasteiger partial charge in [-0.05, 0) is 44.0 Å². The zero-order valence-electron chi connectivity index (χ0n) is 15.3. The van der Waals surface area contributed by atoms with E-state index in [1.807, 2.05) is 0 Å². The minimum absolute atomic E-state index is 0.257. The van der Waals surface area contributed by atoms with Crippen LogP contribution in [-0.2, 0) is 4.79 Å². The lowest BCUT2D eigenvalue weighted by atomic mass is 9.82. The molecule has 0 unspecified atom stereocenters. The Morgan fingerprint density at radius 1 is 1.21 bits per heavy atom. The Kier molecular flexibility index (Phi) is 4.66. The predicted molar refractivity (Wildman–Crippen MR) is 102 cm³/mol. The van der Waals surface area contributed by atoms with Crippen LogP contribution < -0.4 is 5.32 Å². The molecule has 7 nitrogen and oxygen atoms in total. The van der Waals surface area contributed by atoms with Crippen LogP contribution in [0.25, 0.3) is 5.69 Å². The predicted octanol–water partition coefficient (Wildman–Crippen LogP) is 3.56. The molecule has 0 radical (unpaired) electrons. The first-order chi connectivity index (χ1) is 13.4. The van der Waals surface area contributed by atoms with Gasteiger partial charge in [0.15, 0.2) is 0 Å². The van der Waals surface area contributed by atoms with Gasteiger partial charge in [0.05, 0.1) is 23.2 Å². The van der Waals surface area contributed by atoms with Gasteiger partial charge in [0.2, 0.25) is 0 Å². The molecule has 1 aliphatic carbocycles. The highest BCUT2D eigenvalue weighted by atomic mass is 35.5. The zero-order chi connectivity index (χ0) is 19.9. The Hall–Kier alpha value is -2.74. The summed E-state index contributed by atoms with van der Waals surface area (Å²) < 4.78 is 14.6. The van der Waals surface area contributed by atoms with Gasteiger partial charge in [-0.1, -0.05) is 30.9 Å². The monoisotopic (exact) mass is 403 g/mol. The summed E-state index contributed by atoms with van der Waals surface area (Å²) in [6.07, 6.45) is 5.49. The molecule has 0 bridgehead atoms. The molecule has 28 heavy (non-hydrogen) atoms. The number of carbonyl (C=O) groups is 2. The summed E-state index contributed by atoms with van der Waals surface area (Å²) in [5.41, 5.74) is 0.808. The van der Waals surface area contributed by atoms with Crippen molar-refractivity contribution in [1.82, 2.24) is 20.1 Å². The summed E-state index contributed by atoms with van der Waals surface area (Å²) in [5.74, 6) is -0.686. The van der Waals surface area contributed by atoms with Gasteiger partial charge in [-0.3, -0.25) is 4.79 Å². The van der Waals surface area contributed by atoms with Crippen LogP contribution in [0.1, 0.15) is 43.4 Å². The zero-order valence-corrected chi connectivity index (χ0v) is 16.0. The lowest BCUT2D eigenvalue weighted by Crippen LogP contribution is -2.48. The number of aryl methyl sites for hydroxylation is 1. The number of hydrogen-bond acceptors (Lipinski definition) is 4. The SMILES string of the molecule is Cc1nn(-c2ccc(F)cc2)c(Cl)c1C=NN1C(=O)NC2(CCCCC2)C1=O. The third-order valence-electron chi connectivity index (χ3n) is 5.27. The van der Waals surface area contributed by atoms with Crippen LogP contribution >= 0.6 is 11.6 Å². The number of rotatable bonds is 3. The van der Waals surface area contributed by atoms with Crippen LogP contribution in [0, 0.1) is 12.7 Å². The molecule has 1 aromatic carbocycles. The van der Waals surface area contributed by atoms with Crippen LogP contribution in [-0.4, -0.2) is 38.5 Å². The molecule has 0 atom stereocenters. The lowest BCUT2D eigenvalue weighted by Gasteiger charge is -2.29. The van der Waals surface area contributed by atoms with E-state index in [0.29, 0.717) is 29.8 Å². The van der Waals surface area contributed by atoms with E-state index in [9.17, 15) is 14.0 Å². The van der Waals surface area contributed by atoms with E-state index in [0.717, 1.165) is 24.3 Å². The van der Waals surface area contributed by atoms with Crippen molar-refractivity contribution in [3.05, 3.63) is 46.5 Å². The fourth-order valence-electron chi connectivity index (χ4n) is 3.73. The number of nitrogens with one attached hydrogen (secondary N) is 1. The molecule has 1 aromatic heterocycles. The molecule has 1 N–H and O–H groups in total. The molecule has 1 saturated carbocycles. The van der Waals surface area contributed by atoms with Gasteiger partial charge in [-0.25, -0.2) is 13.9 Å². The quantitative estimate of drug-likeness (QED) is 0.628. The maximum atomic E-state index is 13.1. The van der Waals surface area contributed by atoms with E-state index < -0.39 is 11.6 Å². The fraction of sp³-hybridized carbons (Fsp3) is 0.368. The van der Waals surface area contributed by atoms with Crippen LogP contribution in [0.3, 0.4) is 0 Å². The summed E-state index contributed by atoms with van der Waals surface area (Å²) in [6.45, 7) is 1.74. The number of imide groups is 1. The Bertz CT molecular complexity index is 963. The number of hydrogen-bond donors (Lipinski definition) is 1. The number of halogens is 2. The highest BCUT2D eigenvalue weighted by molar-refractivity contribution is 6.32. The number of urea groups is 1. The first kappa shape index (κ1) is 18.6. The topological polar surface area (TPSA) is 79.6 Å². The normalized spacial score (nSPS) is 19.0. The molecule has 2 fully saturated rings. The van der Waals surface area contributed by atoms with Crippen LogP contribution in [0.2, 0.25) is 5.15 Å². The maximum absolute atomic E-state index is 13.1. The second-order valence-electron chi connectivity index (χ2n) is 7.11. The van der Waals surface area contributed by atoms with Gasteiger partial charge in [0.1, 0.15) is 16.5 Å². The summed E-state index contributed by atoms with van der Waals surface area (Å²) in [5, 5.41) is 12.4. The lowest BCUT2D eigenvalue weighted by molar-refractivity contribution is -0.132. The van der Waals surface area contributed by atoms with Crippen molar-refractivity contribution in [2.24, 2.45) is 5.10 Å². The van der Waals surface area contributed by atoms with Crippen molar-refractivity contribution in [2.75, 3.05) is 0 Å². The van der Waals surface area contributed by atoms with Gasteiger partial charge in [-0.15, -0.1) is 5.01 Å². The first-order valence-corrected chi connectivity index (χ1v) is 9.51. The van der Waals surface area contributed by atoms with Gasteiger partial charge >= 0.3 is 6.03 Å². The largest absolute Gasteiger partial charge is 0.346 e. The Morgan fingerprint density at radius 3 is 2.57 bits per heavy atom. The van der Waals surface area contributed by atoms with Crippen LogP contribution in [0.5, 0.6) is 0 Å². The molecule has 2 aliphatic rings. The smallest absolute Gasteiger partial charge is 0.321 e. The average molecular weight is 404 g/mol. The molecule has 2 heterocycles. The van der Waals surface area contributed by atoms with Crippen LogP contribution in [0.15, 0.2) is 29.4 Å². The van der Waals surface area contributed by atoms with Gasteiger partial charge < -0.3 is 5.32 Å². The van der Waals surface area contributed by atoms with Crippen molar-refractivity contribution in [3.63, 3.8) is 0 Å². The van der Waals surface area contributed by atoms with Crippen molar-refractivity contribution in [2.45, 2.75) is 44.6 Å². The number of nitrogens with zero attached hydrogens (tertiary/aromatic N) is 4. The molecule has 2 aromatic rings. The van der Waals surface area contributed by atoms with Gasteiger partial charge in [0.25, 0.3) is 5.91 Å². The number of amides is 3. The highest BCUT2D eigenvalue weighted by Gasteiger charge is 2.51. The number of aromatic nitrogens is 2.